The van der Waals surface area contributed by atoms with E-state index in [4.69, 9.17) is 4.74 Å². The molecule has 0 radical (unpaired) electrons. The number of hydrogen-bond donors (Lipinski definition) is 0. The van der Waals surface area contributed by atoms with Crippen LogP contribution in [0.3, 0.4) is 0 Å². The molecule has 0 saturated heterocycles. The Bertz CT molecular complexity index is 795. The Balaban J connectivity index is 2.20. The zero-order valence-electron chi connectivity index (χ0n) is 11.9. The van der Waals surface area contributed by atoms with Gasteiger partial charge in [-0.1, -0.05) is 12.1 Å². The Morgan fingerprint density at radius 1 is 1.00 bits per heavy atom. The van der Waals surface area contributed by atoms with E-state index in [1.165, 1.54) is 31.4 Å². The number of hydrogen-bond acceptors (Lipinski definition) is 3. The highest BCUT2D eigenvalue weighted by atomic mass is 32.2. The van der Waals surface area contributed by atoms with Gasteiger partial charge in [0, 0.05) is 6.21 Å². The fourth-order valence-electron chi connectivity index (χ4n) is 1.70. The maximum absolute atomic E-state index is 12.4. The van der Waals surface area contributed by atoms with Gasteiger partial charge in [0.15, 0.2) is 0 Å². The van der Waals surface area contributed by atoms with Crippen molar-refractivity contribution in [3.8, 4) is 5.75 Å². The lowest BCUT2D eigenvalue weighted by molar-refractivity contribution is -0.137. The SMILES string of the molecule is COc1ccc(S(=O)(=O)/N=C/c2ccc(C(F)(F)F)cc2)cc1. The normalized spacial score (nSPS) is 12.5. The van der Waals surface area contributed by atoms with Gasteiger partial charge in [0.1, 0.15) is 5.75 Å². The lowest BCUT2D eigenvalue weighted by Crippen LogP contribution is -2.04. The van der Waals surface area contributed by atoms with Gasteiger partial charge in [0.2, 0.25) is 0 Å². The van der Waals surface area contributed by atoms with Crippen molar-refractivity contribution >= 4 is 16.2 Å². The van der Waals surface area contributed by atoms with E-state index in [1.807, 2.05) is 0 Å². The Hall–Kier alpha value is -2.35. The monoisotopic (exact) mass is 343 g/mol. The topological polar surface area (TPSA) is 55.7 Å². The maximum Gasteiger partial charge on any atom is 0.416 e. The van der Waals surface area contributed by atoms with E-state index >= 15 is 0 Å². The molecule has 0 unspecified atom stereocenters. The lowest BCUT2D eigenvalue weighted by Gasteiger charge is -2.05. The first kappa shape index (κ1) is 17.0. The first-order valence-corrected chi connectivity index (χ1v) is 7.78. The molecule has 0 fully saturated rings. The number of nitrogens with zero attached hydrogens (tertiary/aromatic N) is 1. The minimum absolute atomic E-state index is 0.0403. The molecule has 4 nitrogen and oxygen atoms in total. The first-order valence-electron chi connectivity index (χ1n) is 6.34. The average molecular weight is 343 g/mol. The van der Waals surface area contributed by atoms with Crippen LogP contribution >= 0.6 is 0 Å². The summed E-state index contributed by atoms with van der Waals surface area (Å²) in [6, 6.07) is 9.63. The Morgan fingerprint density at radius 2 is 1.57 bits per heavy atom. The van der Waals surface area contributed by atoms with Crippen LogP contribution in [0.1, 0.15) is 11.1 Å². The van der Waals surface area contributed by atoms with Crippen molar-refractivity contribution in [3.05, 3.63) is 59.7 Å². The lowest BCUT2D eigenvalue weighted by atomic mass is 10.1. The third kappa shape index (κ3) is 4.32. The fraction of sp³-hybridized carbons (Fsp3) is 0.133. The minimum Gasteiger partial charge on any atom is -0.497 e. The van der Waals surface area contributed by atoms with Crippen molar-refractivity contribution in [2.45, 2.75) is 11.1 Å². The molecule has 2 aromatic rings. The van der Waals surface area contributed by atoms with Gasteiger partial charge < -0.3 is 4.74 Å². The van der Waals surface area contributed by atoms with Gasteiger partial charge in [-0.2, -0.15) is 26.0 Å². The van der Waals surface area contributed by atoms with Crippen molar-refractivity contribution in [1.29, 1.82) is 0 Å². The van der Waals surface area contributed by atoms with Crippen molar-refractivity contribution in [2.24, 2.45) is 4.40 Å². The molecule has 0 bridgehead atoms. The number of rotatable bonds is 4. The van der Waals surface area contributed by atoms with E-state index < -0.39 is 21.8 Å². The van der Waals surface area contributed by atoms with E-state index in [0.717, 1.165) is 30.5 Å². The van der Waals surface area contributed by atoms with Crippen LogP contribution in [0, 0.1) is 0 Å². The smallest absolute Gasteiger partial charge is 0.416 e. The molecule has 0 N–H and O–H groups in total. The summed E-state index contributed by atoms with van der Waals surface area (Å²) in [5.41, 5.74) is -0.567. The number of sulfonamides is 1. The van der Waals surface area contributed by atoms with Gasteiger partial charge in [-0.05, 0) is 42.0 Å². The predicted octanol–water partition coefficient (Wildman–Crippen LogP) is 3.52. The number of halogens is 3. The summed E-state index contributed by atoms with van der Waals surface area (Å²) >= 11 is 0. The molecule has 0 aromatic heterocycles. The van der Waals surface area contributed by atoms with Gasteiger partial charge in [-0.15, -0.1) is 0 Å². The minimum atomic E-state index is -4.44. The second kappa shape index (κ2) is 6.41. The van der Waals surface area contributed by atoms with Crippen molar-refractivity contribution in [2.75, 3.05) is 7.11 Å². The van der Waals surface area contributed by atoms with Crippen LogP contribution in [0.4, 0.5) is 13.2 Å². The molecule has 8 heteroatoms. The Kier molecular flexibility index (Phi) is 4.74. The fourth-order valence-corrected chi connectivity index (χ4v) is 2.56. The maximum atomic E-state index is 12.4. The molecule has 2 rings (SSSR count). The van der Waals surface area contributed by atoms with Gasteiger partial charge >= 0.3 is 6.18 Å². The van der Waals surface area contributed by atoms with Gasteiger partial charge in [0.25, 0.3) is 10.0 Å². The highest BCUT2D eigenvalue weighted by Gasteiger charge is 2.29. The van der Waals surface area contributed by atoms with E-state index in [-0.39, 0.29) is 10.5 Å². The van der Waals surface area contributed by atoms with Crippen LogP contribution in [0.5, 0.6) is 5.75 Å². The molecule has 0 aliphatic heterocycles. The van der Waals surface area contributed by atoms with Crippen LogP contribution in [0.2, 0.25) is 0 Å². The van der Waals surface area contributed by atoms with Crippen LogP contribution in [-0.4, -0.2) is 21.7 Å². The summed E-state index contributed by atoms with van der Waals surface area (Å²) in [7, 11) is -2.48. The van der Waals surface area contributed by atoms with Crippen LogP contribution < -0.4 is 4.74 Å². The third-order valence-electron chi connectivity index (χ3n) is 2.94. The Labute approximate surface area is 131 Å². The first-order chi connectivity index (χ1) is 10.7. The summed E-state index contributed by atoms with van der Waals surface area (Å²) in [6.07, 6.45) is -3.44. The zero-order chi connectivity index (χ0) is 17.1. The second-order valence-corrected chi connectivity index (χ2v) is 6.14. The summed E-state index contributed by atoms with van der Waals surface area (Å²) in [5, 5.41) is 0. The van der Waals surface area contributed by atoms with Crippen molar-refractivity contribution < 1.29 is 26.3 Å². The standard InChI is InChI=1S/C15H12F3NO3S/c1-22-13-6-8-14(9-7-13)23(20,21)19-10-11-2-4-12(5-3-11)15(16,17)18/h2-10H,1H3/b19-10+. The van der Waals surface area contributed by atoms with Gasteiger partial charge in [-0.25, -0.2) is 0 Å². The number of alkyl halides is 3. The molecule has 0 heterocycles. The molecule has 0 aliphatic rings. The van der Waals surface area contributed by atoms with Crippen molar-refractivity contribution in [1.82, 2.24) is 0 Å². The molecular formula is C15H12F3NO3S. The molecule has 0 aliphatic carbocycles. The summed E-state index contributed by atoms with van der Waals surface area (Å²) in [6.45, 7) is 0. The highest BCUT2D eigenvalue weighted by molar-refractivity contribution is 7.90. The average Bonchev–Trinajstić information content (AvgIpc) is 2.53. The molecular weight excluding hydrogens is 331 g/mol. The van der Waals surface area contributed by atoms with E-state index in [2.05, 4.69) is 4.40 Å². The van der Waals surface area contributed by atoms with Gasteiger partial charge in [-0.3, -0.25) is 0 Å². The number of methoxy groups -OCH3 is 1. The van der Waals surface area contributed by atoms with Crippen LogP contribution in [0.25, 0.3) is 0 Å². The number of benzene rings is 2. The number of ether oxygens (including phenoxy) is 1. The molecule has 2 aromatic carbocycles. The summed E-state index contributed by atoms with van der Waals surface area (Å²) in [4.78, 5) is -0.0403. The quantitative estimate of drug-likeness (QED) is 0.798. The molecule has 0 atom stereocenters. The molecule has 0 saturated carbocycles. The van der Waals surface area contributed by atoms with E-state index in [1.54, 1.807) is 0 Å². The second-order valence-electron chi connectivity index (χ2n) is 4.50. The van der Waals surface area contributed by atoms with Gasteiger partial charge in [0.05, 0.1) is 17.6 Å². The Morgan fingerprint density at radius 3 is 2.04 bits per heavy atom. The summed E-state index contributed by atoms with van der Waals surface area (Å²) in [5.74, 6) is 0.496. The van der Waals surface area contributed by atoms with E-state index in [0.29, 0.717) is 5.75 Å². The largest absolute Gasteiger partial charge is 0.497 e. The zero-order valence-corrected chi connectivity index (χ0v) is 12.7. The van der Waals surface area contributed by atoms with Crippen LogP contribution in [-0.2, 0) is 16.2 Å². The van der Waals surface area contributed by atoms with Crippen molar-refractivity contribution in [3.63, 3.8) is 0 Å². The molecule has 23 heavy (non-hydrogen) atoms. The van der Waals surface area contributed by atoms with E-state index in [9.17, 15) is 21.6 Å². The highest BCUT2D eigenvalue weighted by Crippen LogP contribution is 2.29. The third-order valence-corrected chi connectivity index (χ3v) is 4.19. The van der Waals surface area contributed by atoms with Crippen LogP contribution in [0.15, 0.2) is 57.8 Å². The predicted molar refractivity (Wildman–Crippen MR) is 79.2 cm³/mol. The molecule has 122 valence electrons. The molecule has 0 amide bonds. The summed E-state index contributed by atoms with van der Waals surface area (Å²) < 4.78 is 69.7. The molecule has 0 spiro atoms.